The van der Waals surface area contributed by atoms with E-state index in [2.05, 4.69) is 6.92 Å². The lowest BCUT2D eigenvalue weighted by Crippen LogP contribution is -2.27. The second-order valence-corrected chi connectivity index (χ2v) is 7.45. The highest BCUT2D eigenvalue weighted by Crippen LogP contribution is 2.16. The van der Waals surface area contributed by atoms with Crippen molar-refractivity contribution in [3.8, 4) is 0 Å². The zero-order valence-electron chi connectivity index (χ0n) is 16.4. The van der Waals surface area contributed by atoms with Crippen LogP contribution in [0.3, 0.4) is 0 Å². The van der Waals surface area contributed by atoms with Crippen molar-refractivity contribution >= 4 is 5.97 Å². The van der Waals surface area contributed by atoms with Gasteiger partial charge in [-0.1, -0.05) is 110 Å². The maximum Gasteiger partial charge on any atom is 0.311 e. The molecule has 150 valence electrons. The van der Waals surface area contributed by atoms with Crippen LogP contribution in [0.2, 0.25) is 0 Å². The summed E-state index contributed by atoms with van der Waals surface area (Å²) in [4.78, 5) is 10.8. The predicted octanol–water partition coefficient (Wildman–Crippen LogP) is 5.65. The summed E-state index contributed by atoms with van der Waals surface area (Å²) in [6.45, 7) is 2.26. The minimum atomic E-state index is -1.74. The van der Waals surface area contributed by atoms with Crippen molar-refractivity contribution in [3.63, 3.8) is 0 Å². The molecule has 1 atom stereocenters. The smallest absolute Gasteiger partial charge is 0.311 e. The van der Waals surface area contributed by atoms with E-state index in [0.29, 0.717) is 6.42 Å². The molecule has 0 radical (unpaired) electrons. The fourth-order valence-electron chi connectivity index (χ4n) is 3.31. The fourth-order valence-corrected chi connectivity index (χ4v) is 3.31. The third kappa shape index (κ3) is 16.6. The van der Waals surface area contributed by atoms with E-state index in [9.17, 15) is 4.79 Å². The highest BCUT2D eigenvalue weighted by molar-refractivity contribution is 5.70. The second-order valence-electron chi connectivity index (χ2n) is 7.45. The Balaban J connectivity index is 3.20. The quantitative estimate of drug-likeness (QED) is 0.206. The lowest BCUT2D eigenvalue weighted by atomic mass is 9.99. The van der Waals surface area contributed by atoms with Gasteiger partial charge in [-0.2, -0.15) is 0 Å². The number of aliphatic hydroxyl groups excluding tert-OH is 1. The van der Waals surface area contributed by atoms with Gasteiger partial charge in [-0.15, -0.1) is 0 Å². The Morgan fingerprint density at radius 2 is 0.960 bits per heavy atom. The van der Waals surface area contributed by atoms with E-state index in [0.717, 1.165) is 19.3 Å². The average Bonchev–Trinajstić information content (AvgIpc) is 2.57. The zero-order valence-corrected chi connectivity index (χ0v) is 16.4. The van der Waals surface area contributed by atoms with Gasteiger partial charge in [0.05, 0.1) is 0 Å². The molecule has 3 N–H and O–H groups in total. The fraction of sp³-hybridized carbons (Fsp3) is 0.952. The van der Waals surface area contributed by atoms with Crippen molar-refractivity contribution in [3.05, 3.63) is 0 Å². The first kappa shape index (κ1) is 24.4. The largest absolute Gasteiger partial charge is 0.481 e. The minimum absolute atomic E-state index is 0.353. The number of aliphatic carboxylic acids is 1. The van der Waals surface area contributed by atoms with Gasteiger partial charge in [0.2, 0.25) is 0 Å². The summed E-state index contributed by atoms with van der Waals surface area (Å²) in [5.41, 5.74) is 0. The molecule has 0 heterocycles. The van der Waals surface area contributed by atoms with E-state index >= 15 is 0 Å². The highest BCUT2D eigenvalue weighted by atomic mass is 16.5. The van der Waals surface area contributed by atoms with E-state index < -0.39 is 18.2 Å². The van der Waals surface area contributed by atoms with Gasteiger partial charge >= 0.3 is 5.97 Å². The molecule has 0 aromatic carbocycles. The first-order valence-corrected chi connectivity index (χ1v) is 10.7. The molecule has 0 aromatic heterocycles. The minimum Gasteiger partial charge on any atom is -0.481 e. The van der Waals surface area contributed by atoms with Gasteiger partial charge in [0, 0.05) is 0 Å². The van der Waals surface area contributed by atoms with Crippen LogP contribution in [-0.4, -0.2) is 27.6 Å². The Hall–Kier alpha value is -0.610. The van der Waals surface area contributed by atoms with Crippen LogP contribution >= 0.6 is 0 Å². The van der Waals surface area contributed by atoms with E-state index in [-0.39, 0.29) is 0 Å². The molecule has 1 unspecified atom stereocenters. The summed E-state index contributed by atoms with van der Waals surface area (Å²) >= 11 is 0. The number of carboxylic acids is 1. The number of hydrogen-bond donors (Lipinski definition) is 3. The van der Waals surface area contributed by atoms with Crippen molar-refractivity contribution in [2.45, 2.75) is 122 Å². The molecule has 0 aromatic rings. The Morgan fingerprint density at radius 3 is 1.24 bits per heavy atom. The van der Waals surface area contributed by atoms with Crippen LogP contribution in [0.15, 0.2) is 0 Å². The molecule has 25 heavy (non-hydrogen) atoms. The van der Waals surface area contributed by atoms with Crippen LogP contribution in [0.5, 0.6) is 0 Å². The van der Waals surface area contributed by atoms with Gasteiger partial charge in [0.25, 0.3) is 0 Å². The first-order valence-electron chi connectivity index (χ1n) is 10.7. The van der Waals surface area contributed by atoms with Crippen LogP contribution in [0.1, 0.15) is 116 Å². The Morgan fingerprint density at radius 1 is 0.640 bits per heavy atom. The Kier molecular flexibility index (Phi) is 17.7. The predicted molar refractivity (Wildman–Crippen MR) is 104 cm³/mol. The molecule has 0 saturated heterocycles. The Bertz CT molecular complexity index is 292. The summed E-state index contributed by atoms with van der Waals surface area (Å²) in [6, 6.07) is 0. The topological polar surface area (TPSA) is 77.8 Å². The number of rotatable bonds is 19. The van der Waals surface area contributed by atoms with E-state index in [1.165, 1.54) is 83.5 Å². The van der Waals surface area contributed by atoms with Crippen molar-refractivity contribution in [1.29, 1.82) is 0 Å². The SMILES string of the molecule is CCCCCCCCCCCCCCCCCCC(C(=O)O)C(O)O. The van der Waals surface area contributed by atoms with Crippen molar-refractivity contribution in [1.82, 2.24) is 0 Å². The second kappa shape index (κ2) is 18.2. The number of carbonyl (C=O) groups is 1. The number of carboxylic acid groups (broad SMARTS) is 1. The maximum absolute atomic E-state index is 10.8. The van der Waals surface area contributed by atoms with Gasteiger partial charge < -0.3 is 15.3 Å². The maximum atomic E-state index is 10.8. The molecule has 0 fully saturated rings. The summed E-state index contributed by atoms with van der Waals surface area (Å²) in [5.74, 6) is -2.15. The van der Waals surface area contributed by atoms with E-state index in [1.54, 1.807) is 0 Å². The van der Waals surface area contributed by atoms with Crippen molar-refractivity contribution in [2.75, 3.05) is 0 Å². The molecule has 0 aliphatic carbocycles. The molecule has 4 heteroatoms. The van der Waals surface area contributed by atoms with Gasteiger partial charge in [-0.05, 0) is 6.42 Å². The van der Waals surface area contributed by atoms with Crippen LogP contribution in [0.4, 0.5) is 0 Å². The monoisotopic (exact) mass is 358 g/mol. The Labute approximate surface area is 155 Å². The molecular formula is C21H42O4. The summed E-state index contributed by atoms with van der Waals surface area (Å²) in [7, 11) is 0. The molecule has 0 amide bonds. The number of unbranched alkanes of at least 4 members (excludes halogenated alkanes) is 15. The normalized spacial score (nSPS) is 12.6. The van der Waals surface area contributed by atoms with Crippen molar-refractivity contribution < 1.29 is 20.1 Å². The van der Waals surface area contributed by atoms with Gasteiger partial charge in [-0.3, -0.25) is 4.79 Å². The van der Waals surface area contributed by atoms with Crippen molar-refractivity contribution in [2.24, 2.45) is 5.92 Å². The third-order valence-electron chi connectivity index (χ3n) is 5.05. The summed E-state index contributed by atoms with van der Waals surface area (Å²) in [6.07, 6.45) is 19.1. The molecule has 4 nitrogen and oxygen atoms in total. The first-order chi connectivity index (χ1) is 12.1. The van der Waals surface area contributed by atoms with Crippen LogP contribution in [-0.2, 0) is 4.79 Å². The third-order valence-corrected chi connectivity index (χ3v) is 5.05. The summed E-state index contributed by atoms with van der Waals surface area (Å²) < 4.78 is 0. The molecule has 0 aliphatic heterocycles. The molecule has 0 aliphatic rings. The number of aliphatic hydroxyl groups is 2. The highest BCUT2D eigenvalue weighted by Gasteiger charge is 2.23. The molecule has 0 spiro atoms. The zero-order chi connectivity index (χ0) is 18.8. The molecule has 0 bridgehead atoms. The molecular weight excluding hydrogens is 316 g/mol. The summed E-state index contributed by atoms with van der Waals surface area (Å²) in [5, 5.41) is 26.8. The van der Waals surface area contributed by atoms with Crippen LogP contribution in [0.25, 0.3) is 0 Å². The van der Waals surface area contributed by atoms with Crippen LogP contribution < -0.4 is 0 Å². The standard InChI is InChI=1S/C21H42O4/c1-2-3-4-5-6-7-8-9-10-11-12-13-14-15-16-17-18-19(20(22)23)21(24)25/h19-20,22-23H,2-18H2,1H3,(H,24,25). The van der Waals surface area contributed by atoms with Gasteiger partial charge in [-0.25, -0.2) is 0 Å². The van der Waals surface area contributed by atoms with E-state index in [1.807, 2.05) is 0 Å². The van der Waals surface area contributed by atoms with E-state index in [4.69, 9.17) is 15.3 Å². The van der Waals surface area contributed by atoms with Gasteiger partial charge in [0.1, 0.15) is 5.92 Å². The average molecular weight is 359 g/mol. The lowest BCUT2D eigenvalue weighted by molar-refractivity contribution is -0.159. The molecule has 0 saturated carbocycles. The number of hydrogen-bond acceptors (Lipinski definition) is 3. The molecule has 0 rings (SSSR count). The lowest BCUT2D eigenvalue weighted by Gasteiger charge is -2.13. The van der Waals surface area contributed by atoms with Gasteiger partial charge in [0.15, 0.2) is 6.29 Å². The van der Waals surface area contributed by atoms with Crippen LogP contribution in [0, 0.1) is 5.92 Å².